The fourth-order valence-electron chi connectivity index (χ4n) is 1.79. The van der Waals surface area contributed by atoms with E-state index in [1.54, 1.807) is 6.20 Å². The highest BCUT2D eigenvalue weighted by molar-refractivity contribution is 9.11. The van der Waals surface area contributed by atoms with Gasteiger partial charge in [0.25, 0.3) is 0 Å². The highest BCUT2D eigenvalue weighted by Crippen LogP contribution is 2.28. The molecule has 0 aliphatic carbocycles. The second kappa shape index (κ2) is 6.43. The standard InChI is InChI=1S/C13H13Br2N3/c14-10-3-4-12(15)11(7-10)13(18-16)6-9-2-1-5-17-8-9/h1-5,7-8,13,18H,6,16H2. The molecule has 3 N–H and O–H groups in total. The summed E-state index contributed by atoms with van der Waals surface area (Å²) in [7, 11) is 0. The number of pyridine rings is 1. The molecule has 0 saturated heterocycles. The second-order valence-corrected chi connectivity index (χ2v) is 5.72. The third kappa shape index (κ3) is 3.38. The van der Waals surface area contributed by atoms with Gasteiger partial charge < -0.3 is 0 Å². The molecule has 1 heterocycles. The third-order valence-corrected chi connectivity index (χ3v) is 3.91. The number of nitrogens with two attached hydrogens (primary N) is 1. The van der Waals surface area contributed by atoms with Crippen LogP contribution in [0.2, 0.25) is 0 Å². The Bertz CT molecular complexity index is 517. The van der Waals surface area contributed by atoms with Gasteiger partial charge in [-0.25, -0.2) is 0 Å². The molecular weight excluding hydrogens is 358 g/mol. The van der Waals surface area contributed by atoms with Gasteiger partial charge in [-0.3, -0.25) is 16.3 Å². The predicted octanol–water partition coefficient (Wildman–Crippen LogP) is 3.35. The average molecular weight is 371 g/mol. The van der Waals surface area contributed by atoms with Crippen molar-refractivity contribution in [2.75, 3.05) is 0 Å². The fourth-order valence-corrected chi connectivity index (χ4v) is 2.70. The molecule has 0 aliphatic heterocycles. The maximum atomic E-state index is 5.67. The van der Waals surface area contributed by atoms with Crippen molar-refractivity contribution in [2.45, 2.75) is 12.5 Å². The molecule has 0 radical (unpaired) electrons. The molecule has 2 aromatic rings. The number of nitrogens with one attached hydrogen (secondary N) is 1. The number of aromatic nitrogens is 1. The van der Waals surface area contributed by atoms with Crippen LogP contribution in [0.3, 0.4) is 0 Å². The van der Waals surface area contributed by atoms with E-state index in [0.717, 1.165) is 26.5 Å². The van der Waals surface area contributed by atoms with Gasteiger partial charge in [0.15, 0.2) is 0 Å². The maximum absolute atomic E-state index is 5.67. The molecule has 1 aromatic heterocycles. The van der Waals surface area contributed by atoms with Crippen molar-refractivity contribution in [1.29, 1.82) is 0 Å². The number of nitrogens with zero attached hydrogens (tertiary/aromatic N) is 1. The van der Waals surface area contributed by atoms with Crippen molar-refractivity contribution in [1.82, 2.24) is 10.4 Å². The Morgan fingerprint density at radius 3 is 2.78 bits per heavy atom. The van der Waals surface area contributed by atoms with Crippen molar-refractivity contribution >= 4 is 31.9 Å². The first-order chi connectivity index (χ1) is 8.70. The highest BCUT2D eigenvalue weighted by Gasteiger charge is 2.14. The number of benzene rings is 1. The van der Waals surface area contributed by atoms with Gasteiger partial charge in [-0.2, -0.15) is 0 Å². The molecule has 1 aromatic carbocycles. The van der Waals surface area contributed by atoms with Crippen LogP contribution in [-0.4, -0.2) is 4.98 Å². The average Bonchev–Trinajstić information content (AvgIpc) is 2.40. The van der Waals surface area contributed by atoms with Crippen molar-refractivity contribution in [3.63, 3.8) is 0 Å². The lowest BCUT2D eigenvalue weighted by atomic mass is 10.0. The van der Waals surface area contributed by atoms with Crippen LogP contribution in [0, 0.1) is 0 Å². The monoisotopic (exact) mass is 369 g/mol. The van der Waals surface area contributed by atoms with E-state index in [9.17, 15) is 0 Å². The van der Waals surface area contributed by atoms with Gasteiger partial charge in [0.2, 0.25) is 0 Å². The number of halogens is 2. The van der Waals surface area contributed by atoms with Crippen molar-refractivity contribution in [2.24, 2.45) is 5.84 Å². The fraction of sp³-hybridized carbons (Fsp3) is 0.154. The molecule has 5 heteroatoms. The van der Waals surface area contributed by atoms with Crippen molar-refractivity contribution in [3.8, 4) is 0 Å². The van der Waals surface area contributed by atoms with E-state index in [2.05, 4.69) is 48.3 Å². The summed E-state index contributed by atoms with van der Waals surface area (Å²) >= 11 is 7.03. The van der Waals surface area contributed by atoms with Crippen LogP contribution in [-0.2, 0) is 6.42 Å². The Balaban J connectivity index is 2.26. The van der Waals surface area contributed by atoms with E-state index >= 15 is 0 Å². The lowest BCUT2D eigenvalue weighted by molar-refractivity contribution is 0.549. The minimum atomic E-state index is 0.0427. The molecule has 0 amide bonds. The topological polar surface area (TPSA) is 50.9 Å². The van der Waals surface area contributed by atoms with Gasteiger partial charge in [-0.05, 0) is 41.8 Å². The quantitative estimate of drug-likeness (QED) is 0.640. The van der Waals surface area contributed by atoms with Crippen molar-refractivity contribution in [3.05, 3.63) is 62.8 Å². The Morgan fingerprint density at radius 2 is 2.11 bits per heavy atom. The first kappa shape index (κ1) is 13.7. The van der Waals surface area contributed by atoms with Crippen LogP contribution in [0.4, 0.5) is 0 Å². The summed E-state index contributed by atoms with van der Waals surface area (Å²) in [4.78, 5) is 4.12. The van der Waals surface area contributed by atoms with Gasteiger partial charge in [-0.15, -0.1) is 0 Å². The van der Waals surface area contributed by atoms with E-state index in [0.29, 0.717) is 0 Å². The Morgan fingerprint density at radius 1 is 1.28 bits per heavy atom. The number of hydrogen-bond acceptors (Lipinski definition) is 3. The second-order valence-electron chi connectivity index (χ2n) is 3.95. The largest absolute Gasteiger partial charge is 0.271 e. The summed E-state index contributed by atoms with van der Waals surface area (Å²) in [6, 6.07) is 10.1. The molecule has 3 nitrogen and oxygen atoms in total. The summed E-state index contributed by atoms with van der Waals surface area (Å²) in [5, 5.41) is 0. The summed E-state index contributed by atoms with van der Waals surface area (Å²) in [5.41, 5.74) is 5.12. The molecule has 0 fully saturated rings. The zero-order valence-electron chi connectivity index (χ0n) is 9.61. The molecule has 2 rings (SSSR count). The third-order valence-electron chi connectivity index (χ3n) is 2.70. The van der Waals surface area contributed by atoms with E-state index in [1.807, 2.05) is 30.5 Å². The van der Waals surface area contributed by atoms with Crippen LogP contribution in [0.15, 0.2) is 51.7 Å². The van der Waals surface area contributed by atoms with Crippen LogP contribution < -0.4 is 11.3 Å². The summed E-state index contributed by atoms with van der Waals surface area (Å²) in [6.45, 7) is 0. The van der Waals surface area contributed by atoms with Gasteiger partial charge in [0.1, 0.15) is 0 Å². The Kier molecular flexibility index (Phi) is 4.88. The normalized spacial score (nSPS) is 12.4. The molecule has 94 valence electrons. The van der Waals surface area contributed by atoms with Crippen LogP contribution in [0.5, 0.6) is 0 Å². The lowest BCUT2D eigenvalue weighted by Crippen LogP contribution is -2.29. The van der Waals surface area contributed by atoms with Crippen LogP contribution >= 0.6 is 31.9 Å². The van der Waals surface area contributed by atoms with Gasteiger partial charge >= 0.3 is 0 Å². The van der Waals surface area contributed by atoms with E-state index in [1.165, 1.54) is 0 Å². The highest BCUT2D eigenvalue weighted by atomic mass is 79.9. The first-order valence-corrected chi connectivity index (χ1v) is 7.09. The Hall–Kier alpha value is -0.750. The number of rotatable bonds is 4. The molecular formula is C13H13Br2N3. The lowest BCUT2D eigenvalue weighted by Gasteiger charge is -2.18. The van der Waals surface area contributed by atoms with Crippen LogP contribution in [0.25, 0.3) is 0 Å². The molecule has 0 spiro atoms. The van der Waals surface area contributed by atoms with Crippen LogP contribution in [0.1, 0.15) is 17.2 Å². The van der Waals surface area contributed by atoms with E-state index < -0.39 is 0 Å². The summed E-state index contributed by atoms with van der Waals surface area (Å²) in [5.74, 6) is 5.67. The smallest absolute Gasteiger partial charge is 0.0512 e. The molecule has 1 atom stereocenters. The summed E-state index contributed by atoms with van der Waals surface area (Å²) in [6.07, 6.45) is 4.42. The Labute approximate surface area is 123 Å². The van der Waals surface area contributed by atoms with Gasteiger partial charge in [0.05, 0.1) is 6.04 Å². The number of hydrazine groups is 1. The maximum Gasteiger partial charge on any atom is 0.0512 e. The zero-order chi connectivity index (χ0) is 13.0. The van der Waals surface area contributed by atoms with E-state index in [4.69, 9.17) is 5.84 Å². The molecule has 1 unspecified atom stereocenters. The van der Waals surface area contributed by atoms with Gasteiger partial charge in [0, 0.05) is 21.3 Å². The SMILES string of the molecule is NNC(Cc1cccnc1)c1cc(Br)ccc1Br. The van der Waals surface area contributed by atoms with Crippen molar-refractivity contribution < 1.29 is 0 Å². The minimum absolute atomic E-state index is 0.0427. The predicted molar refractivity (Wildman–Crippen MR) is 79.8 cm³/mol. The molecule has 18 heavy (non-hydrogen) atoms. The molecule has 0 aliphatic rings. The summed E-state index contributed by atoms with van der Waals surface area (Å²) < 4.78 is 2.07. The minimum Gasteiger partial charge on any atom is -0.271 e. The first-order valence-electron chi connectivity index (χ1n) is 5.50. The zero-order valence-corrected chi connectivity index (χ0v) is 12.8. The number of hydrogen-bond donors (Lipinski definition) is 2. The molecule has 0 saturated carbocycles. The van der Waals surface area contributed by atoms with Gasteiger partial charge in [-0.1, -0.05) is 37.9 Å². The molecule has 0 bridgehead atoms. The van der Waals surface area contributed by atoms with E-state index in [-0.39, 0.29) is 6.04 Å².